The Kier molecular flexibility index (Phi) is 4.92. The van der Waals surface area contributed by atoms with Crippen LogP contribution in [0.2, 0.25) is 0 Å². The minimum absolute atomic E-state index is 0.0635. The van der Waals surface area contributed by atoms with Crippen molar-refractivity contribution in [2.24, 2.45) is 5.73 Å². The van der Waals surface area contributed by atoms with Crippen molar-refractivity contribution in [3.05, 3.63) is 16.1 Å². The van der Waals surface area contributed by atoms with E-state index in [0.29, 0.717) is 0 Å². The van der Waals surface area contributed by atoms with E-state index in [0.717, 1.165) is 16.7 Å². The molecule has 0 aliphatic rings. The van der Waals surface area contributed by atoms with Gasteiger partial charge < -0.3 is 5.73 Å². The molecule has 2 atom stereocenters. The molecule has 0 amide bonds. The first kappa shape index (κ1) is 12.0. The minimum atomic E-state index is 0.0635. The lowest BCUT2D eigenvalue weighted by Gasteiger charge is -2.05. The van der Waals surface area contributed by atoms with Crippen molar-refractivity contribution in [3.63, 3.8) is 0 Å². The van der Waals surface area contributed by atoms with Crippen molar-refractivity contribution in [3.8, 4) is 0 Å². The first-order valence-electron chi connectivity index (χ1n) is 4.95. The highest BCUT2D eigenvalue weighted by Gasteiger charge is 2.07. The van der Waals surface area contributed by atoms with E-state index in [4.69, 9.17) is 5.73 Å². The summed E-state index contributed by atoms with van der Waals surface area (Å²) in [6.07, 6.45) is 1.22. The fourth-order valence-corrected chi connectivity index (χ4v) is 2.82. The van der Waals surface area contributed by atoms with Gasteiger partial charge in [-0.2, -0.15) is 11.8 Å². The molecule has 0 bridgehead atoms. The average molecular weight is 230 g/mol. The molecular formula is C10H18N2S2. The molecule has 1 aromatic heterocycles. The molecule has 14 heavy (non-hydrogen) atoms. The predicted molar refractivity (Wildman–Crippen MR) is 65.8 cm³/mol. The molecule has 0 saturated carbocycles. The lowest BCUT2D eigenvalue weighted by atomic mass is 10.3. The maximum Gasteiger partial charge on any atom is 0.103 e. The maximum atomic E-state index is 5.75. The summed E-state index contributed by atoms with van der Waals surface area (Å²) in [5.41, 5.74) is 6.77. The quantitative estimate of drug-likeness (QED) is 0.844. The summed E-state index contributed by atoms with van der Waals surface area (Å²) in [6, 6.07) is 0.0635. The second kappa shape index (κ2) is 5.73. The Bertz CT molecular complexity index is 271. The van der Waals surface area contributed by atoms with Gasteiger partial charge >= 0.3 is 0 Å². The minimum Gasteiger partial charge on any atom is -0.323 e. The second-order valence-corrected chi connectivity index (χ2v) is 5.85. The molecule has 80 valence electrons. The van der Waals surface area contributed by atoms with Gasteiger partial charge in [0.1, 0.15) is 5.01 Å². The van der Waals surface area contributed by atoms with E-state index in [-0.39, 0.29) is 6.04 Å². The molecule has 0 aliphatic heterocycles. The number of nitrogens with zero attached hydrogens (tertiary/aromatic N) is 1. The molecule has 0 fully saturated rings. The van der Waals surface area contributed by atoms with Crippen LogP contribution in [-0.2, 0) is 5.75 Å². The molecule has 0 saturated heterocycles. The molecule has 1 heterocycles. The Balaban J connectivity index is 2.44. The number of rotatable bonds is 5. The molecule has 0 aliphatic carbocycles. The lowest BCUT2D eigenvalue weighted by molar-refractivity contribution is 0.785. The molecule has 1 rings (SSSR count). The van der Waals surface area contributed by atoms with Crippen LogP contribution >= 0.6 is 23.1 Å². The van der Waals surface area contributed by atoms with Gasteiger partial charge in [-0.15, -0.1) is 11.3 Å². The second-order valence-electron chi connectivity index (χ2n) is 3.48. The molecule has 2 nitrogen and oxygen atoms in total. The van der Waals surface area contributed by atoms with Crippen LogP contribution in [-0.4, -0.2) is 10.2 Å². The predicted octanol–water partition coefficient (Wildman–Crippen LogP) is 3.19. The largest absolute Gasteiger partial charge is 0.323 e. The Labute approximate surface area is 94.3 Å². The fourth-order valence-electron chi connectivity index (χ4n) is 0.932. The van der Waals surface area contributed by atoms with E-state index in [1.807, 2.05) is 18.7 Å². The number of thiazole rings is 1. The Morgan fingerprint density at radius 1 is 1.57 bits per heavy atom. The van der Waals surface area contributed by atoms with Gasteiger partial charge in [0.25, 0.3) is 0 Å². The molecule has 1 aromatic rings. The summed E-state index contributed by atoms with van der Waals surface area (Å²) in [5.74, 6) is 1.02. The molecular weight excluding hydrogens is 212 g/mol. The van der Waals surface area contributed by atoms with Crippen LogP contribution in [0.5, 0.6) is 0 Å². The van der Waals surface area contributed by atoms with Gasteiger partial charge in [0, 0.05) is 22.4 Å². The smallest absolute Gasteiger partial charge is 0.103 e. The SMILES string of the molecule is CCC(C)SCc1nc(C(C)N)cs1. The highest BCUT2D eigenvalue weighted by molar-refractivity contribution is 7.99. The van der Waals surface area contributed by atoms with Gasteiger partial charge in [0.15, 0.2) is 0 Å². The number of aromatic nitrogens is 1. The molecule has 0 radical (unpaired) electrons. The summed E-state index contributed by atoms with van der Waals surface area (Å²) in [7, 11) is 0. The summed E-state index contributed by atoms with van der Waals surface area (Å²) in [6.45, 7) is 6.44. The number of hydrogen-bond donors (Lipinski definition) is 1. The fraction of sp³-hybridized carbons (Fsp3) is 0.700. The first-order chi connectivity index (χ1) is 6.63. The molecule has 2 N–H and O–H groups in total. The van der Waals surface area contributed by atoms with Crippen LogP contribution in [0, 0.1) is 0 Å². The maximum absolute atomic E-state index is 5.75. The third-order valence-corrected chi connectivity index (χ3v) is 4.49. The lowest BCUT2D eigenvalue weighted by Crippen LogP contribution is -2.05. The summed E-state index contributed by atoms with van der Waals surface area (Å²) in [5, 5.41) is 3.98. The topological polar surface area (TPSA) is 38.9 Å². The van der Waals surface area contributed by atoms with Crippen molar-refractivity contribution in [1.29, 1.82) is 0 Å². The Hall–Kier alpha value is -0.0600. The molecule has 2 unspecified atom stereocenters. The van der Waals surface area contributed by atoms with Crippen molar-refractivity contribution >= 4 is 23.1 Å². The van der Waals surface area contributed by atoms with Crippen LogP contribution in [0.4, 0.5) is 0 Å². The van der Waals surface area contributed by atoms with Crippen molar-refractivity contribution in [2.45, 2.75) is 44.2 Å². The Morgan fingerprint density at radius 3 is 2.79 bits per heavy atom. The third kappa shape index (κ3) is 3.59. The summed E-state index contributed by atoms with van der Waals surface area (Å²) in [4.78, 5) is 4.49. The van der Waals surface area contributed by atoms with Gasteiger partial charge in [-0.1, -0.05) is 13.8 Å². The van der Waals surface area contributed by atoms with Crippen LogP contribution in [0.25, 0.3) is 0 Å². The van der Waals surface area contributed by atoms with E-state index in [9.17, 15) is 0 Å². The van der Waals surface area contributed by atoms with Crippen molar-refractivity contribution < 1.29 is 0 Å². The van der Waals surface area contributed by atoms with E-state index in [2.05, 4.69) is 24.2 Å². The van der Waals surface area contributed by atoms with Gasteiger partial charge in [0.05, 0.1) is 5.69 Å². The first-order valence-corrected chi connectivity index (χ1v) is 6.87. The standard InChI is InChI=1S/C10H18N2S2/c1-4-7(2)13-6-10-12-9(5-14-10)8(3)11/h5,7-8H,4,6,11H2,1-3H3. The van der Waals surface area contributed by atoms with Crippen molar-refractivity contribution in [1.82, 2.24) is 4.98 Å². The summed E-state index contributed by atoms with van der Waals surface area (Å²) >= 11 is 3.68. The highest BCUT2D eigenvalue weighted by atomic mass is 32.2. The van der Waals surface area contributed by atoms with Crippen molar-refractivity contribution in [2.75, 3.05) is 0 Å². The van der Waals surface area contributed by atoms with Gasteiger partial charge in [0.2, 0.25) is 0 Å². The van der Waals surface area contributed by atoms with E-state index < -0.39 is 0 Å². The zero-order valence-electron chi connectivity index (χ0n) is 8.99. The normalized spacial score (nSPS) is 15.4. The number of thioether (sulfide) groups is 1. The zero-order chi connectivity index (χ0) is 10.6. The third-order valence-electron chi connectivity index (χ3n) is 2.10. The highest BCUT2D eigenvalue weighted by Crippen LogP contribution is 2.23. The average Bonchev–Trinajstić information content (AvgIpc) is 2.62. The van der Waals surface area contributed by atoms with Crippen LogP contribution in [0.1, 0.15) is 43.9 Å². The summed E-state index contributed by atoms with van der Waals surface area (Å²) < 4.78 is 0. The van der Waals surface area contributed by atoms with Crippen LogP contribution < -0.4 is 5.73 Å². The van der Waals surface area contributed by atoms with Crippen LogP contribution in [0.15, 0.2) is 5.38 Å². The van der Waals surface area contributed by atoms with E-state index in [1.54, 1.807) is 11.3 Å². The van der Waals surface area contributed by atoms with Crippen LogP contribution in [0.3, 0.4) is 0 Å². The molecule has 0 spiro atoms. The molecule has 4 heteroatoms. The van der Waals surface area contributed by atoms with Gasteiger partial charge in [-0.05, 0) is 13.3 Å². The molecule has 0 aromatic carbocycles. The monoisotopic (exact) mass is 230 g/mol. The number of hydrogen-bond acceptors (Lipinski definition) is 4. The van der Waals surface area contributed by atoms with E-state index in [1.165, 1.54) is 11.4 Å². The van der Waals surface area contributed by atoms with Gasteiger partial charge in [-0.3, -0.25) is 0 Å². The zero-order valence-corrected chi connectivity index (χ0v) is 10.6. The van der Waals surface area contributed by atoms with Gasteiger partial charge in [-0.25, -0.2) is 4.98 Å². The Morgan fingerprint density at radius 2 is 2.29 bits per heavy atom. The number of nitrogens with two attached hydrogens (primary N) is 1. The van der Waals surface area contributed by atoms with E-state index >= 15 is 0 Å².